The van der Waals surface area contributed by atoms with Crippen LogP contribution in [0.3, 0.4) is 0 Å². The Morgan fingerprint density at radius 3 is 2.47 bits per heavy atom. The number of rotatable bonds is 3. The van der Waals surface area contributed by atoms with Crippen LogP contribution in [0.1, 0.15) is 18.4 Å². The molecule has 0 saturated heterocycles. The van der Waals surface area contributed by atoms with Gasteiger partial charge in [0.1, 0.15) is 5.54 Å². The summed E-state index contributed by atoms with van der Waals surface area (Å²) in [6.45, 7) is -0.205. The number of hydrogen-bond donors (Lipinski definition) is 2. The Hall–Kier alpha value is -1.30. The minimum Gasteiger partial charge on any atom is -0.505 e. The van der Waals surface area contributed by atoms with Gasteiger partial charge in [0.05, 0.1) is 0 Å². The highest BCUT2D eigenvalue weighted by Crippen LogP contribution is 2.49. The van der Waals surface area contributed by atoms with E-state index in [0.717, 1.165) is 6.07 Å². The summed E-state index contributed by atoms with van der Waals surface area (Å²) in [5, 5.41) is 11.7. The first-order valence-corrected chi connectivity index (χ1v) is 5.14. The van der Waals surface area contributed by atoms with Gasteiger partial charge in [0.25, 0.3) is 0 Å². The highest BCUT2D eigenvalue weighted by atomic mass is 19.4. The number of alkyl halides is 3. The maximum atomic E-state index is 12.9. The average molecular weight is 249 g/mol. The molecule has 6 heteroatoms. The number of phenolic OH excluding ortho intramolecular Hbond substituents is 1. The predicted molar refractivity (Wildman–Crippen MR) is 52.9 cm³/mol. The summed E-state index contributed by atoms with van der Waals surface area (Å²) in [7, 11) is 0. The van der Waals surface area contributed by atoms with Gasteiger partial charge in [-0.3, -0.25) is 5.32 Å². The van der Waals surface area contributed by atoms with E-state index in [1.54, 1.807) is 0 Å². The van der Waals surface area contributed by atoms with E-state index in [9.17, 15) is 22.7 Å². The molecular formula is C11H11F4NO. The van der Waals surface area contributed by atoms with Crippen molar-refractivity contribution in [1.82, 2.24) is 5.32 Å². The maximum Gasteiger partial charge on any atom is 0.406 e. The highest BCUT2D eigenvalue weighted by Gasteiger charge is 2.62. The summed E-state index contributed by atoms with van der Waals surface area (Å²) >= 11 is 0. The van der Waals surface area contributed by atoms with Crippen molar-refractivity contribution < 1.29 is 22.7 Å². The van der Waals surface area contributed by atoms with Crippen LogP contribution >= 0.6 is 0 Å². The van der Waals surface area contributed by atoms with E-state index in [-0.39, 0.29) is 24.9 Å². The minimum absolute atomic E-state index is 0.0204. The smallest absolute Gasteiger partial charge is 0.406 e. The molecule has 94 valence electrons. The second-order valence-electron chi connectivity index (χ2n) is 4.18. The molecule has 0 aliphatic heterocycles. The van der Waals surface area contributed by atoms with Crippen LogP contribution in [-0.4, -0.2) is 16.8 Å². The van der Waals surface area contributed by atoms with Crippen molar-refractivity contribution in [3.63, 3.8) is 0 Å². The molecule has 1 aromatic carbocycles. The van der Waals surface area contributed by atoms with Crippen LogP contribution in [0.2, 0.25) is 0 Å². The van der Waals surface area contributed by atoms with Gasteiger partial charge in [0.15, 0.2) is 11.6 Å². The van der Waals surface area contributed by atoms with Gasteiger partial charge in [0.2, 0.25) is 0 Å². The Kier molecular flexibility index (Phi) is 2.77. The van der Waals surface area contributed by atoms with Crippen molar-refractivity contribution in [2.75, 3.05) is 0 Å². The monoisotopic (exact) mass is 249 g/mol. The summed E-state index contributed by atoms with van der Waals surface area (Å²) in [5.74, 6) is -1.43. The van der Waals surface area contributed by atoms with Gasteiger partial charge in [-0.25, -0.2) is 4.39 Å². The molecule has 0 aromatic heterocycles. The normalized spacial score (nSPS) is 18.1. The zero-order chi connectivity index (χ0) is 12.7. The molecule has 2 N–H and O–H groups in total. The first kappa shape index (κ1) is 12.2. The second kappa shape index (κ2) is 3.87. The molecule has 1 aromatic rings. The Morgan fingerprint density at radius 1 is 1.29 bits per heavy atom. The van der Waals surface area contributed by atoms with Gasteiger partial charge in [0, 0.05) is 12.1 Å². The van der Waals surface area contributed by atoms with Gasteiger partial charge in [-0.2, -0.15) is 13.2 Å². The summed E-state index contributed by atoms with van der Waals surface area (Å²) < 4.78 is 50.7. The van der Waals surface area contributed by atoms with Crippen LogP contribution in [0.15, 0.2) is 18.2 Å². The minimum atomic E-state index is -4.31. The number of benzene rings is 1. The number of phenols is 1. The molecule has 0 heterocycles. The maximum absolute atomic E-state index is 12.9. The molecule has 2 nitrogen and oxygen atoms in total. The molecule has 1 fully saturated rings. The number of aromatic hydroxyl groups is 1. The van der Waals surface area contributed by atoms with Crippen LogP contribution < -0.4 is 5.32 Å². The summed E-state index contributed by atoms with van der Waals surface area (Å²) in [4.78, 5) is 0. The fourth-order valence-electron chi connectivity index (χ4n) is 1.65. The lowest BCUT2D eigenvalue weighted by atomic mass is 10.1. The number of nitrogens with one attached hydrogen (secondary N) is 1. The Balaban J connectivity index is 2.06. The van der Waals surface area contributed by atoms with E-state index < -0.39 is 23.3 Å². The average Bonchev–Trinajstić information content (AvgIpc) is 3.00. The van der Waals surface area contributed by atoms with E-state index in [1.807, 2.05) is 0 Å². The molecule has 0 bridgehead atoms. The van der Waals surface area contributed by atoms with Crippen LogP contribution in [-0.2, 0) is 6.54 Å². The van der Waals surface area contributed by atoms with Gasteiger partial charge >= 0.3 is 6.18 Å². The molecule has 1 saturated carbocycles. The molecule has 0 spiro atoms. The van der Waals surface area contributed by atoms with Gasteiger partial charge < -0.3 is 5.11 Å². The quantitative estimate of drug-likeness (QED) is 0.807. The first-order chi connectivity index (χ1) is 7.86. The van der Waals surface area contributed by atoms with E-state index >= 15 is 0 Å². The fraction of sp³-hybridized carbons (Fsp3) is 0.455. The topological polar surface area (TPSA) is 32.3 Å². The Labute approximate surface area is 95.3 Å². The molecule has 0 amide bonds. The van der Waals surface area contributed by atoms with Gasteiger partial charge in [-0.05, 0) is 18.9 Å². The Bertz CT molecular complexity index is 426. The third kappa shape index (κ3) is 2.22. The highest BCUT2D eigenvalue weighted by molar-refractivity contribution is 5.33. The zero-order valence-electron chi connectivity index (χ0n) is 8.81. The van der Waals surface area contributed by atoms with Crippen LogP contribution in [0.5, 0.6) is 5.75 Å². The third-order valence-electron chi connectivity index (χ3n) is 2.98. The molecule has 1 aliphatic carbocycles. The van der Waals surface area contributed by atoms with Crippen molar-refractivity contribution in [1.29, 1.82) is 0 Å². The van der Waals surface area contributed by atoms with Crippen molar-refractivity contribution in [2.24, 2.45) is 0 Å². The number of para-hydroxylation sites is 1. The van der Waals surface area contributed by atoms with Gasteiger partial charge in [-0.15, -0.1) is 0 Å². The molecule has 0 radical (unpaired) electrons. The van der Waals surface area contributed by atoms with Crippen LogP contribution in [0.25, 0.3) is 0 Å². The fourth-order valence-corrected chi connectivity index (χ4v) is 1.65. The molecule has 0 unspecified atom stereocenters. The van der Waals surface area contributed by atoms with Crippen LogP contribution in [0.4, 0.5) is 17.6 Å². The summed E-state index contributed by atoms with van der Waals surface area (Å²) in [5.41, 5.74) is -1.73. The van der Waals surface area contributed by atoms with E-state index in [2.05, 4.69) is 5.32 Å². The van der Waals surface area contributed by atoms with Gasteiger partial charge in [-0.1, -0.05) is 12.1 Å². The van der Waals surface area contributed by atoms with Crippen LogP contribution in [0, 0.1) is 5.82 Å². The zero-order valence-corrected chi connectivity index (χ0v) is 8.81. The molecule has 1 aliphatic rings. The molecule has 17 heavy (non-hydrogen) atoms. The van der Waals surface area contributed by atoms with Crippen molar-refractivity contribution >= 4 is 0 Å². The van der Waals surface area contributed by atoms with E-state index in [1.165, 1.54) is 12.1 Å². The van der Waals surface area contributed by atoms with Crippen molar-refractivity contribution in [2.45, 2.75) is 31.1 Å². The molecule has 2 rings (SSSR count). The second-order valence-corrected chi connectivity index (χ2v) is 4.18. The van der Waals surface area contributed by atoms with Crippen molar-refractivity contribution in [3.8, 4) is 5.75 Å². The lowest BCUT2D eigenvalue weighted by Gasteiger charge is -2.21. The Morgan fingerprint density at radius 2 is 1.94 bits per heavy atom. The van der Waals surface area contributed by atoms with Crippen molar-refractivity contribution in [3.05, 3.63) is 29.6 Å². The summed E-state index contributed by atoms with van der Waals surface area (Å²) in [6.07, 6.45) is -4.27. The number of hydrogen-bond acceptors (Lipinski definition) is 2. The standard InChI is InChI=1S/C11H11F4NO/c12-8-3-1-2-7(9(8)17)6-16-10(4-5-10)11(13,14)15/h1-3,16-17H,4-6H2. The number of halogens is 4. The van der Waals surface area contributed by atoms with E-state index in [0.29, 0.717) is 0 Å². The van der Waals surface area contributed by atoms with E-state index in [4.69, 9.17) is 0 Å². The summed E-state index contributed by atoms with van der Waals surface area (Å²) in [6, 6.07) is 3.78. The third-order valence-corrected chi connectivity index (χ3v) is 2.98. The molecular weight excluding hydrogens is 238 g/mol. The predicted octanol–water partition coefficient (Wildman–Crippen LogP) is 2.72. The lowest BCUT2D eigenvalue weighted by Crippen LogP contribution is -2.44. The molecule has 0 atom stereocenters. The first-order valence-electron chi connectivity index (χ1n) is 5.14. The largest absolute Gasteiger partial charge is 0.505 e. The lowest BCUT2D eigenvalue weighted by molar-refractivity contribution is -0.166. The SMILES string of the molecule is Oc1c(F)cccc1CNC1(C(F)(F)F)CC1.